The molecule has 62 valence electrons. The highest BCUT2D eigenvalue weighted by Crippen LogP contribution is 2.50. The topological polar surface area (TPSA) is 0 Å². The van der Waals surface area contributed by atoms with E-state index < -0.39 is 0 Å². The first-order valence-electron chi connectivity index (χ1n) is 4.25. The van der Waals surface area contributed by atoms with Crippen molar-refractivity contribution in [2.24, 2.45) is 0 Å². The lowest BCUT2D eigenvalue weighted by atomic mass is 9.94. The van der Waals surface area contributed by atoms with Crippen LogP contribution in [-0.4, -0.2) is 3.23 Å². The minimum absolute atomic E-state index is 0.231. The van der Waals surface area contributed by atoms with Crippen LogP contribution in [0.5, 0.6) is 0 Å². The van der Waals surface area contributed by atoms with Crippen LogP contribution in [0.15, 0.2) is 11.1 Å². The number of rotatable bonds is 0. The first kappa shape index (κ1) is 8.31. The SMILES string of the molecule is BrC1(Br)CC2=C(CCCC2)C1. The van der Waals surface area contributed by atoms with Crippen molar-refractivity contribution in [1.29, 1.82) is 0 Å². The van der Waals surface area contributed by atoms with Gasteiger partial charge in [-0.05, 0) is 38.5 Å². The maximum atomic E-state index is 3.71. The average molecular weight is 280 g/mol. The zero-order valence-electron chi connectivity index (χ0n) is 6.50. The second-order valence-corrected chi connectivity index (χ2v) is 7.72. The van der Waals surface area contributed by atoms with Crippen LogP contribution in [0.3, 0.4) is 0 Å². The van der Waals surface area contributed by atoms with E-state index in [0.717, 1.165) is 0 Å². The van der Waals surface area contributed by atoms with E-state index in [2.05, 4.69) is 31.9 Å². The fraction of sp³-hybridized carbons (Fsp3) is 0.778. The number of allylic oxidation sites excluding steroid dienone is 2. The summed E-state index contributed by atoms with van der Waals surface area (Å²) in [5, 5.41) is 0. The Morgan fingerprint density at radius 3 is 1.82 bits per heavy atom. The average Bonchev–Trinajstić information content (AvgIpc) is 2.21. The van der Waals surface area contributed by atoms with Crippen LogP contribution in [0, 0.1) is 0 Å². The first-order chi connectivity index (χ1) is 5.17. The van der Waals surface area contributed by atoms with Crippen molar-refractivity contribution in [2.45, 2.75) is 41.8 Å². The Morgan fingerprint density at radius 2 is 1.36 bits per heavy atom. The van der Waals surface area contributed by atoms with E-state index in [4.69, 9.17) is 0 Å². The van der Waals surface area contributed by atoms with E-state index in [-0.39, 0.29) is 3.23 Å². The van der Waals surface area contributed by atoms with Crippen molar-refractivity contribution in [1.82, 2.24) is 0 Å². The van der Waals surface area contributed by atoms with E-state index in [1.54, 1.807) is 11.1 Å². The minimum atomic E-state index is 0.231. The summed E-state index contributed by atoms with van der Waals surface area (Å²) in [7, 11) is 0. The fourth-order valence-electron chi connectivity index (χ4n) is 2.14. The molecule has 0 unspecified atom stereocenters. The smallest absolute Gasteiger partial charge is 0.0720 e. The largest absolute Gasteiger partial charge is 0.0879 e. The highest BCUT2D eigenvalue weighted by molar-refractivity contribution is 9.25. The molecule has 0 aromatic carbocycles. The monoisotopic (exact) mass is 278 g/mol. The van der Waals surface area contributed by atoms with Gasteiger partial charge in [0, 0.05) is 0 Å². The van der Waals surface area contributed by atoms with Gasteiger partial charge in [-0.2, -0.15) is 0 Å². The van der Waals surface area contributed by atoms with Crippen LogP contribution in [0.4, 0.5) is 0 Å². The number of hydrogen-bond acceptors (Lipinski definition) is 0. The molecule has 0 heterocycles. The molecule has 0 bridgehead atoms. The Morgan fingerprint density at radius 1 is 0.909 bits per heavy atom. The maximum Gasteiger partial charge on any atom is 0.0879 e. The molecule has 2 heteroatoms. The van der Waals surface area contributed by atoms with Gasteiger partial charge in [0.2, 0.25) is 0 Å². The summed E-state index contributed by atoms with van der Waals surface area (Å²) < 4.78 is 0.231. The standard InChI is InChI=1S/C9H12Br2/c10-9(11)5-7-3-1-2-4-8(7)6-9/h1-6H2. The molecule has 0 aromatic rings. The zero-order chi connectivity index (χ0) is 7.90. The van der Waals surface area contributed by atoms with Gasteiger partial charge < -0.3 is 0 Å². The molecule has 11 heavy (non-hydrogen) atoms. The predicted molar refractivity (Wildman–Crippen MR) is 55.3 cm³/mol. The molecule has 0 N–H and O–H groups in total. The molecule has 0 nitrogen and oxygen atoms in total. The molecule has 0 radical (unpaired) electrons. The van der Waals surface area contributed by atoms with Crippen molar-refractivity contribution in [3.05, 3.63) is 11.1 Å². The van der Waals surface area contributed by atoms with Crippen molar-refractivity contribution < 1.29 is 0 Å². The van der Waals surface area contributed by atoms with Crippen LogP contribution >= 0.6 is 31.9 Å². The van der Waals surface area contributed by atoms with Gasteiger partial charge in [-0.25, -0.2) is 0 Å². The van der Waals surface area contributed by atoms with Crippen molar-refractivity contribution in [3.8, 4) is 0 Å². The molecule has 0 saturated heterocycles. The molecule has 0 fully saturated rings. The Bertz CT molecular complexity index is 184. The van der Waals surface area contributed by atoms with Gasteiger partial charge in [0.1, 0.15) is 0 Å². The third-order valence-corrected chi connectivity index (χ3v) is 3.77. The summed E-state index contributed by atoms with van der Waals surface area (Å²) in [4.78, 5) is 0. The van der Waals surface area contributed by atoms with Crippen molar-refractivity contribution in [2.75, 3.05) is 0 Å². The molecule has 0 aromatic heterocycles. The highest BCUT2D eigenvalue weighted by Gasteiger charge is 2.34. The molecule has 2 aliphatic carbocycles. The van der Waals surface area contributed by atoms with Gasteiger partial charge in [0.25, 0.3) is 0 Å². The number of halogens is 2. The van der Waals surface area contributed by atoms with Crippen LogP contribution in [0.2, 0.25) is 0 Å². The van der Waals surface area contributed by atoms with Gasteiger partial charge in [-0.15, -0.1) is 0 Å². The Balaban J connectivity index is 2.16. The summed E-state index contributed by atoms with van der Waals surface area (Å²) in [6.07, 6.45) is 7.98. The molecule has 0 atom stereocenters. The van der Waals surface area contributed by atoms with E-state index >= 15 is 0 Å². The lowest BCUT2D eigenvalue weighted by Crippen LogP contribution is -2.04. The second kappa shape index (κ2) is 2.88. The van der Waals surface area contributed by atoms with Crippen LogP contribution in [0.25, 0.3) is 0 Å². The molecule has 0 spiro atoms. The lowest BCUT2D eigenvalue weighted by molar-refractivity contribution is 0.672. The quantitative estimate of drug-likeness (QED) is 0.462. The summed E-state index contributed by atoms with van der Waals surface area (Å²) in [5.74, 6) is 0. The minimum Gasteiger partial charge on any atom is -0.0720 e. The fourth-order valence-corrected chi connectivity index (χ4v) is 3.50. The second-order valence-electron chi connectivity index (χ2n) is 3.62. The van der Waals surface area contributed by atoms with E-state index in [1.807, 2.05) is 0 Å². The van der Waals surface area contributed by atoms with Gasteiger partial charge in [-0.1, -0.05) is 43.0 Å². The van der Waals surface area contributed by atoms with Gasteiger partial charge in [-0.3, -0.25) is 0 Å². The van der Waals surface area contributed by atoms with Crippen molar-refractivity contribution in [3.63, 3.8) is 0 Å². The summed E-state index contributed by atoms with van der Waals surface area (Å²) >= 11 is 7.42. The Hall–Kier alpha value is 0.700. The molecule has 2 rings (SSSR count). The third-order valence-electron chi connectivity index (χ3n) is 2.65. The molecule has 0 aliphatic heterocycles. The summed E-state index contributed by atoms with van der Waals surface area (Å²) in [6.45, 7) is 0. The normalized spacial score (nSPS) is 28.9. The van der Waals surface area contributed by atoms with Gasteiger partial charge >= 0.3 is 0 Å². The number of alkyl halides is 2. The Kier molecular flexibility index (Phi) is 2.17. The predicted octanol–water partition coefficient (Wildman–Crippen LogP) is 4.14. The first-order valence-corrected chi connectivity index (χ1v) is 5.84. The van der Waals surface area contributed by atoms with Crippen LogP contribution < -0.4 is 0 Å². The van der Waals surface area contributed by atoms with Crippen molar-refractivity contribution >= 4 is 31.9 Å². The highest BCUT2D eigenvalue weighted by atomic mass is 79.9. The summed E-state index contributed by atoms with van der Waals surface area (Å²) in [5.41, 5.74) is 3.45. The maximum absolute atomic E-state index is 3.71. The van der Waals surface area contributed by atoms with Crippen LogP contribution in [0.1, 0.15) is 38.5 Å². The molecule has 0 amide bonds. The third kappa shape index (κ3) is 1.72. The summed E-state index contributed by atoms with van der Waals surface area (Å²) in [6, 6.07) is 0. The van der Waals surface area contributed by atoms with E-state index in [1.165, 1.54) is 38.5 Å². The molecule has 0 saturated carbocycles. The van der Waals surface area contributed by atoms with Gasteiger partial charge in [0.05, 0.1) is 3.23 Å². The Labute approximate surface area is 84.7 Å². The number of hydrogen-bond donors (Lipinski definition) is 0. The molecule has 2 aliphatic rings. The van der Waals surface area contributed by atoms with E-state index in [0.29, 0.717) is 0 Å². The zero-order valence-corrected chi connectivity index (χ0v) is 9.67. The lowest BCUT2D eigenvalue weighted by Gasteiger charge is -2.12. The van der Waals surface area contributed by atoms with Gasteiger partial charge in [0.15, 0.2) is 0 Å². The van der Waals surface area contributed by atoms with Crippen LogP contribution in [-0.2, 0) is 0 Å². The van der Waals surface area contributed by atoms with E-state index in [9.17, 15) is 0 Å². The molecular formula is C9H12Br2. The molecular weight excluding hydrogens is 268 g/mol.